The van der Waals surface area contributed by atoms with Gasteiger partial charge in [0.15, 0.2) is 0 Å². The molecule has 182 valence electrons. The van der Waals surface area contributed by atoms with Gasteiger partial charge in [-0.1, -0.05) is 0 Å². The van der Waals surface area contributed by atoms with Crippen molar-refractivity contribution < 1.29 is 17.9 Å². The molecule has 2 fully saturated rings. The normalized spacial score (nSPS) is 19.2. The number of piperazine rings is 1. The van der Waals surface area contributed by atoms with Crippen LogP contribution in [0.5, 0.6) is 5.75 Å². The Balaban J connectivity index is 0.00000187. The first-order chi connectivity index (χ1) is 15.7. The maximum atomic E-state index is 12.4. The van der Waals surface area contributed by atoms with Gasteiger partial charge in [0.05, 0.1) is 12.8 Å². The number of ether oxygens (including phenoxy) is 1. The van der Waals surface area contributed by atoms with Crippen LogP contribution in [-0.4, -0.2) is 67.2 Å². The Hall–Kier alpha value is -2.70. The third kappa shape index (κ3) is 9.36. The molecule has 2 aliphatic rings. The Morgan fingerprint density at radius 1 is 1.18 bits per heavy atom. The van der Waals surface area contributed by atoms with Crippen LogP contribution in [0.15, 0.2) is 35.0 Å². The third-order valence-electron chi connectivity index (χ3n) is 5.81. The summed E-state index contributed by atoms with van der Waals surface area (Å²) in [7, 11) is 0. The summed E-state index contributed by atoms with van der Waals surface area (Å²) in [5.74, 6) is 0.801. The van der Waals surface area contributed by atoms with E-state index in [2.05, 4.69) is 29.7 Å². The molecule has 1 aromatic carbocycles. The summed E-state index contributed by atoms with van der Waals surface area (Å²) in [4.78, 5) is 8.35. The van der Waals surface area contributed by atoms with Crippen LogP contribution in [0, 0.1) is 12.8 Å². The molecule has 1 aliphatic heterocycles. The van der Waals surface area contributed by atoms with Crippen LogP contribution < -0.4 is 16.2 Å². The molecule has 1 aliphatic carbocycles. The van der Waals surface area contributed by atoms with Crippen molar-refractivity contribution in [1.29, 1.82) is 0 Å². The molecule has 1 saturated heterocycles. The van der Waals surface area contributed by atoms with Crippen LogP contribution in [0.4, 0.5) is 18.9 Å². The lowest BCUT2D eigenvalue weighted by molar-refractivity contribution is -0.138. The zero-order valence-corrected chi connectivity index (χ0v) is 19.2. The van der Waals surface area contributed by atoms with E-state index in [1.165, 1.54) is 6.34 Å². The second-order valence-corrected chi connectivity index (χ2v) is 8.57. The Morgan fingerprint density at radius 2 is 1.82 bits per heavy atom. The highest BCUT2D eigenvalue weighted by Gasteiger charge is 2.40. The Labute approximate surface area is 194 Å². The fraction of sp³-hybridized carbons (Fsp3) is 0.542. The van der Waals surface area contributed by atoms with Crippen LogP contribution in [0.1, 0.15) is 31.7 Å². The predicted octanol–water partition coefficient (Wildman–Crippen LogP) is 3.43. The van der Waals surface area contributed by atoms with Gasteiger partial charge in [0.25, 0.3) is 0 Å². The van der Waals surface area contributed by atoms with Crippen LogP contribution in [0.25, 0.3) is 0 Å². The average Bonchev–Trinajstić information content (AvgIpc) is 3.51. The number of terminal acetylenes is 1. The van der Waals surface area contributed by atoms with Crippen molar-refractivity contribution in [3.8, 4) is 18.6 Å². The summed E-state index contributed by atoms with van der Waals surface area (Å²) in [6, 6.07) is 5.69. The number of nitrogens with two attached hydrogens (primary N) is 2. The zero-order chi connectivity index (χ0) is 24.5. The molecular formula is C24H34F3N5O. The highest BCUT2D eigenvalue weighted by Crippen LogP contribution is 2.40. The third-order valence-corrected chi connectivity index (χ3v) is 5.81. The SMILES string of the molecule is C#C.CC1(Oc2ccc(N)c(C/C(=C/CN3CCN(CCC(F)(F)F)CC3)N=CN)c2)CC1. The summed E-state index contributed by atoms with van der Waals surface area (Å²) in [5.41, 5.74) is 14.0. The van der Waals surface area contributed by atoms with Crippen molar-refractivity contribution in [2.45, 2.75) is 44.4 Å². The second kappa shape index (κ2) is 12.0. The summed E-state index contributed by atoms with van der Waals surface area (Å²) in [6.45, 7) is 5.52. The molecule has 0 spiro atoms. The first kappa shape index (κ1) is 26.6. The van der Waals surface area contributed by atoms with E-state index in [0.29, 0.717) is 31.7 Å². The number of alkyl halides is 3. The lowest BCUT2D eigenvalue weighted by Gasteiger charge is -2.34. The molecule has 0 unspecified atom stereocenters. The lowest BCUT2D eigenvalue weighted by atomic mass is 10.1. The first-order valence-electron chi connectivity index (χ1n) is 11.0. The highest BCUT2D eigenvalue weighted by molar-refractivity contribution is 5.56. The van der Waals surface area contributed by atoms with Gasteiger partial charge in [-0.15, -0.1) is 12.8 Å². The monoisotopic (exact) mass is 465 g/mol. The number of allylic oxidation sites excluding steroid dienone is 1. The van der Waals surface area contributed by atoms with E-state index in [-0.39, 0.29) is 12.1 Å². The molecule has 0 atom stereocenters. The van der Waals surface area contributed by atoms with Crippen molar-refractivity contribution in [2.24, 2.45) is 10.7 Å². The molecule has 0 aromatic heterocycles. The summed E-state index contributed by atoms with van der Waals surface area (Å²) in [6.07, 6.45) is 9.05. The van der Waals surface area contributed by atoms with Crippen molar-refractivity contribution in [2.75, 3.05) is 45.0 Å². The molecule has 1 aromatic rings. The number of hydrogen-bond donors (Lipinski definition) is 2. The number of nitrogen functional groups attached to an aromatic ring is 1. The summed E-state index contributed by atoms with van der Waals surface area (Å²) < 4.78 is 43.2. The minimum atomic E-state index is -4.10. The quantitative estimate of drug-likeness (QED) is 0.253. The Kier molecular flexibility index (Phi) is 9.62. The average molecular weight is 466 g/mol. The van der Waals surface area contributed by atoms with E-state index in [1.54, 1.807) is 0 Å². The molecule has 33 heavy (non-hydrogen) atoms. The minimum absolute atomic E-state index is 0.0621. The number of halogens is 3. The maximum absolute atomic E-state index is 12.4. The van der Waals surface area contributed by atoms with Crippen molar-refractivity contribution >= 4 is 12.0 Å². The van der Waals surface area contributed by atoms with Crippen molar-refractivity contribution in [3.05, 3.63) is 35.5 Å². The van der Waals surface area contributed by atoms with Gasteiger partial charge in [-0.2, -0.15) is 13.2 Å². The van der Waals surface area contributed by atoms with E-state index in [4.69, 9.17) is 16.2 Å². The Morgan fingerprint density at radius 3 is 2.39 bits per heavy atom. The van der Waals surface area contributed by atoms with Gasteiger partial charge in [0.2, 0.25) is 0 Å². The van der Waals surface area contributed by atoms with Crippen molar-refractivity contribution in [1.82, 2.24) is 9.80 Å². The van der Waals surface area contributed by atoms with Crippen LogP contribution in [0.3, 0.4) is 0 Å². The number of anilines is 1. The molecule has 6 nitrogen and oxygen atoms in total. The van der Waals surface area contributed by atoms with E-state index < -0.39 is 12.6 Å². The first-order valence-corrected chi connectivity index (χ1v) is 11.0. The smallest absolute Gasteiger partial charge is 0.390 e. The van der Waals surface area contributed by atoms with Crippen LogP contribution in [-0.2, 0) is 6.42 Å². The molecule has 1 saturated carbocycles. The number of benzene rings is 1. The minimum Gasteiger partial charge on any atom is -0.488 e. The second-order valence-electron chi connectivity index (χ2n) is 8.57. The molecular weight excluding hydrogens is 431 g/mol. The summed E-state index contributed by atoms with van der Waals surface area (Å²) >= 11 is 0. The van der Waals surface area contributed by atoms with E-state index in [9.17, 15) is 13.2 Å². The topological polar surface area (TPSA) is 80.1 Å². The fourth-order valence-electron chi connectivity index (χ4n) is 3.54. The van der Waals surface area contributed by atoms with Crippen LogP contribution in [0.2, 0.25) is 0 Å². The van der Waals surface area contributed by atoms with Gasteiger partial charge in [-0.3, -0.25) is 4.90 Å². The van der Waals surface area contributed by atoms with E-state index >= 15 is 0 Å². The predicted molar refractivity (Wildman–Crippen MR) is 127 cm³/mol. The van der Waals surface area contributed by atoms with Gasteiger partial charge < -0.3 is 21.1 Å². The fourth-order valence-corrected chi connectivity index (χ4v) is 3.54. The molecule has 0 bridgehead atoms. The zero-order valence-electron chi connectivity index (χ0n) is 19.2. The number of aliphatic imine (C=N–C) groups is 1. The molecule has 1 heterocycles. The number of hydrogen-bond acceptors (Lipinski definition) is 5. The lowest BCUT2D eigenvalue weighted by Crippen LogP contribution is -2.47. The Bertz CT molecular complexity index is 838. The maximum Gasteiger partial charge on any atom is 0.390 e. The summed E-state index contributed by atoms with van der Waals surface area (Å²) in [5, 5.41) is 0. The van der Waals surface area contributed by atoms with Gasteiger partial charge in [-0.05, 0) is 49.6 Å². The van der Waals surface area contributed by atoms with E-state index in [1.807, 2.05) is 29.2 Å². The number of nitrogens with zero attached hydrogens (tertiary/aromatic N) is 3. The molecule has 0 radical (unpaired) electrons. The van der Waals surface area contributed by atoms with Gasteiger partial charge in [0.1, 0.15) is 11.4 Å². The van der Waals surface area contributed by atoms with Gasteiger partial charge in [-0.25, -0.2) is 4.99 Å². The molecule has 3 rings (SSSR count). The highest BCUT2D eigenvalue weighted by atomic mass is 19.4. The molecule has 0 amide bonds. The number of rotatable bonds is 9. The van der Waals surface area contributed by atoms with E-state index in [0.717, 1.165) is 42.9 Å². The van der Waals surface area contributed by atoms with Crippen LogP contribution >= 0.6 is 0 Å². The van der Waals surface area contributed by atoms with Gasteiger partial charge in [0, 0.05) is 57.1 Å². The largest absolute Gasteiger partial charge is 0.488 e. The standard InChI is InChI=1S/C22H32F3N5O.C2H2/c1-21(5-6-21)31-19-2-3-20(27)17(15-19)14-18(28-16-26)4-8-29-10-12-30(13-11-29)9-7-22(23,24)25;1-2/h2-4,15-16H,5-14,27H2,1H3,(H2,26,28);1-2H/b18-4-;. The van der Waals surface area contributed by atoms with Crippen molar-refractivity contribution in [3.63, 3.8) is 0 Å². The van der Waals surface area contributed by atoms with Gasteiger partial charge >= 0.3 is 6.18 Å². The molecule has 4 N–H and O–H groups in total. The molecule has 9 heteroatoms.